The highest BCUT2D eigenvalue weighted by Crippen LogP contribution is 2.17. The average Bonchev–Trinajstić information content (AvgIpc) is 2.54. The van der Waals surface area contributed by atoms with Crippen LogP contribution in [-0.4, -0.2) is 35.6 Å². The van der Waals surface area contributed by atoms with Crippen molar-refractivity contribution < 1.29 is 14.3 Å². The molecule has 2 aromatic carbocycles. The smallest absolute Gasteiger partial charge is 0.254 e. The van der Waals surface area contributed by atoms with Crippen molar-refractivity contribution in [3.63, 3.8) is 0 Å². The first-order chi connectivity index (χ1) is 10.6. The van der Waals surface area contributed by atoms with Gasteiger partial charge >= 0.3 is 0 Å². The molecule has 0 heterocycles. The summed E-state index contributed by atoms with van der Waals surface area (Å²) in [6.45, 7) is 0.514. The molecule has 2 rings (SSSR count). The molecule has 0 unspecified atom stereocenters. The van der Waals surface area contributed by atoms with Gasteiger partial charge in [-0.05, 0) is 30.2 Å². The van der Waals surface area contributed by atoms with Crippen molar-refractivity contribution in [2.75, 3.05) is 19.7 Å². The normalized spacial score (nSPS) is 10.5. The van der Waals surface area contributed by atoms with E-state index in [1.165, 1.54) is 17.0 Å². The molecule has 0 radical (unpaired) electrons. The second-order valence-corrected chi connectivity index (χ2v) is 5.29. The van der Waals surface area contributed by atoms with Gasteiger partial charge in [0.25, 0.3) is 5.91 Å². The topological polar surface area (TPSA) is 40.5 Å². The van der Waals surface area contributed by atoms with Crippen LogP contribution in [-0.2, 0) is 6.42 Å². The SMILES string of the molecule is O=C(c1ccc(Cl)c(F)c1)N(CCO)CCc1ccccc1. The minimum absolute atomic E-state index is 0.0189. The first-order valence-corrected chi connectivity index (χ1v) is 7.38. The Morgan fingerprint density at radius 1 is 1.14 bits per heavy atom. The fourth-order valence-electron chi connectivity index (χ4n) is 2.16. The molecule has 1 amide bonds. The number of carbonyl (C=O) groups is 1. The van der Waals surface area contributed by atoms with Gasteiger partial charge in [-0.3, -0.25) is 4.79 Å². The van der Waals surface area contributed by atoms with E-state index in [4.69, 9.17) is 16.7 Å². The van der Waals surface area contributed by atoms with E-state index in [9.17, 15) is 9.18 Å². The minimum Gasteiger partial charge on any atom is -0.395 e. The summed E-state index contributed by atoms with van der Waals surface area (Å²) in [5.41, 5.74) is 1.32. The third-order valence-corrected chi connectivity index (χ3v) is 3.64. The molecule has 0 atom stereocenters. The van der Waals surface area contributed by atoms with Crippen molar-refractivity contribution in [2.45, 2.75) is 6.42 Å². The van der Waals surface area contributed by atoms with Crippen LogP contribution in [0.15, 0.2) is 48.5 Å². The lowest BCUT2D eigenvalue weighted by molar-refractivity contribution is 0.0723. The zero-order chi connectivity index (χ0) is 15.9. The number of benzene rings is 2. The molecule has 116 valence electrons. The Balaban J connectivity index is 2.09. The monoisotopic (exact) mass is 321 g/mol. The molecular formula is C17H17ClFNO2. The molecule has 1 N–H and O–H groups in total. The van der Waals surface area contributed by atoms with Crippen molar-refractivity contribution in [1.29, 1.82) is 0 Å². The largest absolute Gasteiger partial charge is 0.395 e. The number of nitrogens with zero attached hydrogens (tertiary/aromatic N) is 1. The molecule has 0 saturated heterocycles. The lowest BCUT2D eigenvalue weighted by atomic mass is 10.1. The summed E-state index contributed by atoms with van der Waals surface area (Å²) in [7, 11) is 0. The van der Waals surface area contributed by atoms with Gasteiger partial charge in [-0.1, -0.05) is 41.9 Å². The van der Waals surface area contributed by atoms with E-state index >= 15 is 0 Å². The lowest BCUT2D eigenvalue weighted by Crippen LogP contribution is -2.35. The molecule has 0 saturated carbocycles. The van der Waals surface area contributed by atoms with Gasteiger partial charge in [0.1, 0.15) is 5.82 Å². The average molecular weight is 322 g/mol. The summed E-state index contributed by atoms with van der Waals surface area (Å²) in [4.78, 5) is 13.9. The van der Waals surface area contributed by atoms with Crippen molar-refractivity contribution in [1.82, 2.24) is 4.90 Å². The van der Waals surface area contributed by atoms with E-state index < -0.39 is 5.82 Å². The van der Waals surface area contributed by atoms with Crippen LogP contribution in [0.5, 0.6) is 0 Å². The highest BCUT2D eigenvalue weighted by atomic mass is 35.5. The summed E-state index contributed by atoms with van der Waals surface area (Å²) in [5.74, 6) is -0.944. The first-order valence-electron chi connectivity index (χ1n) is 7.01. The number of amides is 1. The molecule has 0 aromatic heterocycles. The van der Waals surface area contributed by atoms with E-state index in [1.54, 1.807) is 0 Å². The third-order valence-electron chi connectivity index (χ3n) is 3.34. The zero-order valence-corrected chi connectivity index (χ0v) is 12.8. The van der Waals surface area contributed by atoms with Crippen LogP contribution < -0.4 is 0 Å². The minimum atomic E-state index is -0.625. The molecule has 2 aromatic rings. The Kier molecular flexibility index (Phi) is 5.92. The van der Waals surface area contributed by atoms with E-state index in [2.05, 4.69) is 0 Å². The van der Waals surface area contributed by atoms with E-state index in [0.717, 1.165) is 11.6 Å². The number of rotatable bonds is 6. The summed E-state index contributed by atoms with van der Waals surface area (Å²) < 4.78 is 13.5. The summed E-state index contributed by atoms with van der Waals surface area (Å²) in [6, 6.07) is 13.7. The molecule has 5 heteroatoms. The molecule has 22 heavy (non-hydrogen) atoms. The molecular weight excluding hydrogens is 305 g/mol. The molecule has 0 fully saturated rings. The first kappa shape index (κ1) is 16.5. The molecule has 3 nitrogen and oxygen atoms in total. The van der Waals surface area contributed by atoms with Crippen LogP contribution in [0.25, 0.3) is 0 Å². The predicted molar refractivity (Wildman–Crippen MR) is 84.5 cm³/mol. The highest BCUT2D eigenvalue weighted by Gasteiger charge is 2.16. The van der Waals surface area contributed by atoms with E-state index in [0.29, 0.717) is 13.0 Å². The highest BCUT2D eigenvalue weighted by molar-refractivity contribution is 6.30. The Labute approximate surface area is 133 Å². The van der Waals surface area contributed by atoms with E-state index in [-0.39, 0.29) is 29.6 Å². The Morgan fingerprint density at radius 3 is 2.50 bits per heavy atom. The van der Waals surface area contributed by atoms with Gasteiger partial charge in [0, 0.05) is 18.7 Å². The van der Waals surface area contributed by atoms with Crippen molar-refractivity contribution in [3.05, 3.63) is 70.5 Å². The maximum atomic E-state index is 13.5. The Morgan fingerprint density at radius 2 is 1.86 bits per heavy atom. The zero-order valence-electron chi connectivity index (χ0n) is 12.0. The second kappa shape index (κ2) is 7.92. The van der Waals surface area contributed by atoms with Gasteiger partial charge in [-0.2, -0.15) is 0 Å². The Bertz CT molecular complexity index is 634. The van der Waals surface area contributed by atoms with Crippen LogP contribution in [0.2, 0.25) is 5.02 Å². The van der Waals surface area contributed by atoms with Gasteiger partial charge in [-0.25, -0.2) is 4.39 Å². The van der Waals surface area contributed by atoms with E-state index in [1.807, 2.05) is 30.3 Å². The fourth-order valence-corrected chi connectivity index (χ4v) is 2.27. The van der Waals surface area contributed by atoms with Crippen molar-refractivity contribution in [2.24, 2.45) is 0 Å². The maximum Gasteiger partial charge on any atom is 0.254 e. The number of halogens is 2. The summed E-state index contributed by atoms with van der Waals surface area (Å²) in [5, 5.41) is 9.12. The fraction of sp³-hybridized carbons (Fsp3) is 0.235. The van der Waals surface area contributed by atoms with Crippen LogP contribution >= 0.6 is 11.6 Å². The van der Waals surface area contributed by atoms with Gasteiger partial charge in [0.05, 0.1) is 11.6 Å². The van der Waals surface area contributed by atoms with Gasteiger partial charge in [-0.15, -0.1) is 0 Å². The molecule has 0 aliphatic heterocycles. The number of aliphatic hydroxyl groups is 1. The number of carbonyl (C=O) groups excluding carboxylic acids is 1. The summed E-state index contributed by atoms with van der Waals surface area (Å²) >= 11 is 5.63. The standard InChI is InChI=1S/C17H17ClFNO2/c18-15-7-6-14(12-16(15)19)17(22)20(10-11-21)9-8-13-4-2-1-3-5-13/h1-7,12,21H,8-11H2. The molecule has 0 aliphatic carbocycles. The molecule has 0 aliphatic rings. The van der Waals surface area contributed by atoms with Crippen LogP contribution in [0.4, 0.5) is 4.39 Å². The quantitative estimate of drug-likeness (QED) is 0.888. The van der Waals surface area contributed by atoms with Gasteiger partial charge in [0.2, 0.25) is 0 Å². The van der Waals surface area contributed by atoms with Gasteiger partial charge in [0.15, 0.2) is 0 Å². The van der Waals surface area contributed by atoms with Crippen molar-refractivity contribution >= 4 is 17.5 Å². The Hall–Kier alpha value is -1.91. The van der Waals surface area contributed by atoms with Crippen LogP contribution in [0.1, 0.15) is 15.9 Å². The van der Waals surface area contributed by atoms with Gasteiger partial charge < -0.3 is 10.0 Å². The van der Waals surface area contributed by atoms with Crippen molar-refractivity contribution in [3.8, 4) is 0 Å². The summed E-state index contributed by atoms with van der Waals surface area (Å²) in [6.07, 6.45) is 0.669. The molecule has 0 spiro atoms. The maximum absolute atomic E-state index is 13.5. The third kappa shape index (κ3) is 4.29. The predicted octanol–water partition coefficient (Wildman–Crippen LogP) is 3.16. The number of hydrogen-bond acceptors (Lipinski definition) is 2. The number of hydrogen-bond donors (Lipinski definition) is 1. The molecule has 0 bridgehead atoms. The second-order valence-electron chi connectivity index (χ2n) is 4.88. The lowest BCUT2D eigenvalue weighted by Gasteiger charge is -2.22. The van der Waals surface area contributed by atoms with Crippen LogP contribution in [0.3, 0.4) is 0 Å². The van der Waals surface area contributed by atoms with Crippen LogP contribution in [0, 0.1) is 5.82 Å². The number of aliphatic hydroxyl groups excluding tert-OH is 1.